The Morgan fingerprint density at radius 2 is 2.00 bits per heavy atom. The summed E-state index contributed by atoms with van der Waals surface area (Å²) in [5.74, 6) is 0.0260. The van der Waals surface area contributed by atoms with Crippen LogP contribution in [0.1, 0.15) is 28.9 Å². The van der Waals surface area contributed by atoms with Gasteiger partial charge in [-0.25, -0.2) is 0 Å². The molecular formula is C19H19N3O2. The minimum atomic E-state index is -0.0950. The molecule has 0 aliphatic carbocycles. The molecule has 0 radical (unpaired) electrons. The third-order valence-corrected chi connectivity index (χ3v) is 4.43. The highest BCUT2D eigenvalue weighted by molar-refractivity contribution is 6.06. The Hall–Kier alpha value is -2.66. The summed E-state index contributed by atoms with van der Waals surface area (Å²) in [6, 6.07) is 15.7. The van der Waals surface area contributed by atoms with Crippen LogP contribution in [0.25, 0.3) is 10.9 Å². The van der Waals surface area contributed by atoms with Gasteiger partial charge in [0.15, 0.2) is 0 Å². The summed E-state index contributed by atoms with van der Waals surface area (Å²) in [6.45, 7) is 3.16. The summed E-state index contributed by atoms with van der Waals surface area (Å²) in [5, 5.41) is 7.82. The van der Waals surface area contributed by atoms with E-state index in [0.717, 1.165) is 16.5 Å². The Kier molecular flexibility index (Phi) is 3.78. The molecule has 4 rings (SSSR count). The van der Waals surface area contributed by atoms with Crippen molar-refractivity contribution < 1.29 is 9.53 Å². The van der Waals surface area contributed by atoms with E-state index in [-0.39, 0.29) is 18.1 Å². The number of aromatic amines is 1. The van der Waals surface area contributed by atoms with Crippen molar-refractivity contribution >= 4 is 16.8 Å². The fourth-order valence-electron chi connectivity index (χ4n) is 3.29. The number of ether oxygens (including phenoxy) is 1. The zero-order valence-electron chi connectivity index (χ0n) is 13.5. The standard InChI is InChI=1S/C19H19N3O2/c1-13-11-22(12-18(24-13)14-6-3-2-4-7-14)19(23)15-8-5-9-17-16(15)10-20-21-17/h2-10,13,18H,11-12H2,1H3,(H,20,21)/t13-,18-/m1/s1. The van der Waals surface area contributed by atoms with Gasteiger partial charge < -0.3 is 9.64 Å². The van der Waals surface area contributed by atoms with Gasteiger partial charge in [-0.2, -0.15) is 5.10 Å². The molecular weight excluding hydrogens is 302 g/mol. The van der Waals surface area contributed by atoms with E-state index >= 15 is 0 Å². The molecule has 1 aliphatic heterocycles. The van der Waals surface area contributed by atoms with Crippen molar-refractivity contribution in [2.45, 2.75) is 19.1 Å². The quantitative estimate of drug-likeness (QED) is 0.789. The molecule has 24 heavy (non-hydrogen) atoms. The maximum absolute atomic E-state index is 13.1. The Balaban J connectivity index is 1.63. The van der Waals surface area contributed by atoms with E-state index in [1.54, 1.807) is 6.20 Å². The van der Waals surface area contributed by atoms with Crippen molar-refractivity contribution in [2.75, 3.05) is 13.1 Å². The number of amides is 1. The van der Waals surface area contributed by atoms with E-state index < -0.39 is 0 Å². The van der Waals surface area contributed by atoms with Crippen molar-refractivity contribution in [2.24, 2.45) is 0 Å². The predicted molar refractivity (Wildman–Crippen MR) is 91.7 cm³/mol. The number of H-pyrrole nitrogens is 1. The number of nitrogens with one attached hydrogen (secondary N) is 1. The third kappa shape index (κ3) is 2.67. The maximum Gasteiger partial charge on any atom is 0.254 e. The van der Waals surface area contributed by atoms with Crippen LogP contribution in [0, 0.1) is 0 Å². The number of carbonyl (C=O) groups excluding carboxylic acids is 1. The van der Waals surface area contributed by atoms with Gasteiger partial charge in [0.1, 0.15) is 6.10 Å². The molecule has 2 atom stereocenters. The molecule has 2 heterocycles. The topological polar surface area (TPSA) is 58.2 Å². The van der Waals surface area contributed by atoms with Crippen LogP contribution in [-0.4, -0.2) is 40.2 Å². The first kappa shape index (κ1) is 14.9. The largest absolute Gasteiger partial charge is 0.367 e. The van der Waals surface area contributed by atoms with Crippen molar-refractivity contribution in [1.82, 2.24) is 15.1 Å². The zero-order valence-corrected chi connectivity index (χ0v) is 13.5. The monoisotopic (exact) mass is 321 g/mol. The number of hydrogen-bond donors (Lipinski definition) is 1. The van der Waals surface area contributed by atoms with Crippen LogP contribution in [0.4, 0.5) is 0 Å². The van der Waals surface area contributed by atoms with Gasteiger partial charge in [0.25, 0.3) is 5.91 Å². The minimum Gasteiger partial charge on any atom is -0.367 e. The van der Waals surface area contributed by atoms with Gasteiger partial charge in [0.05, 0.1) is 29.9 Å². The van der Waals surface area contributed by atoms with E-state index in [1.807, 2.05) is 60.4 Å². The SMILES string of the molecule is C[C@@H]1CN(C(=O)c2cccc3[nH]ncc23)C[C@H](c2ccccc2)O1. The highest BCUT2D eigenvalue weighted by Gasteiger charge is 2.30. The summed E-state index contributed by atoms with van der Waals surface area (Å²) >= 11 is 0. The van der Waals surface area contributed by atoms with Crippen molar-refractivity contribution in [3.05, 3.63) is 65.9 Å². The lowest BCUT2D eigenvalue weighted by atomic mass is 10.0. The first-order chi connectivity index (χ1) is 11.7. The number of aromatic nitrogens is 2. The summed E-state index contributed by atoms with van der Waals surface area (Å²) in [4.78, 5) is 14.9. The van der Waals surface area contributed by atoms with Gasteiger partial charge in [-0.1, -0.05) is 36.4 Å². The molecule has 122 valence electrons. The average molecular weight is 321 g/mol. The van der Waals surface area contributed by atoms with Crippen LogP contribution in [0.2, 0.25) is 0 Å². The van der Waals surface area contributed by atoms with E-state index in [4.69, 9.17) is 4.74 Å². The Bertz CT molecular complexity index is 859. The number of carbonyl (C=O) groups is 1. The molecule has 1 aliphatic rings. The normalized spacial score (nSPS) is 21.1. The third-order valence-electron chi connectivity index (χ3n) is 4.43. The lowest BCUT2D eigenvalue weighted by Crippen LogP contribution is -2.46. The summed E-state index contributed by atoms with van der Waals surface area (Å²) in [5.41, 5.74) is 2.66. The van der Waals surface area contributed by atoms with Gasteiger partial charge in [-0.05, 0) is 24.6 Å². The molecule has 0 saturated carbocycles. The van der Waals surface area contributed by atoms with Crippen LogP contribution >= 0.6 is 0 Å². The number of rotatable bonds is 2. The van der Waals surface area contributed by atoms with Crippen LogP contribution in [0.15, 0.2) is 54.7 Å². The van der Waals surface area contributed by atoms with Crippen LogP contribution < -0.4 is 0 Å². The van der Waals surface area contributed by atoms with E-state index in [1.165, 1.54) is 0 Å². The molecule has 1 fully saturated rings. The maximum atomic E-state index is 13.1. The van der Waals surface area contributed by atoms with Crippen molar-refractivity contribution in [3.8, 4) is 0 Å². The lowest BCUT2D eigenvalue weighted by molar-refractivity contribution is -0.0691. The van der Waals surface area contributed by atoms with E-state index in [9.17, 15) is 4.79 Å². The summed E-state index contributed by atoms with van der Waals surface area (Å²) in [7, 11) is 0. The van der Waals surface area contributed by atoms with E-state index in [0.29, 0.717) is 18.7 Å². The van der Waals surface area contributed by atoms with Crippen LogP contribution in [-0.2, 0) is 4.74 Å². The molecule has 3 aromatic rings. The van der Waals surface area contributed by atoms with Gasteiger partial charge >= 0.3 is 0 Å². The zero-order chi connectivity index (χ0) is 16.5. The highest BCUT2D eigenvalue weighted by atomic mass is 16.5. The molecule has 1 amide bonds. The second kappa shape index (κ2) is 6.09. The first-order valence-corrected chi connectivity index (χ1v) is 8.14. The molecule has 0 spiro atoms. The second-order valence-electron chi connectivity index (χ2n) is 6.19. The highest BCUT2D eigenvalue weighted by Crippen LogP contribution is 2.27. The number of fused-ring (bicyclic) bond motifs is 1. The molecule has 0 unspecified atom stereocenters. The van der Waals surface area contributed by atoms with Gasteiger partial charge in [0.2, 0.25) is 0 Å². The number of morpholine rings is 1. The van der Waals surface area contributed by atoms with Crippen LogP contribution in [0.5, 0.6) is 0 Å². The molecule has 2 aromatic carbocycles. The fraction of sp³-hybridized carbons (Fsp3) is 0.263. The number of hydrogen-bond acceptors (Lipinski definition) is 3. The summed E-state index contributed by atoms with van der Waals surface area (Å²) < 4.78 is 6.05. The van der Waals surface area contributed by atoms with Crippen molar-refractivity contribution in [3.63, 3.8) is 0 Å². The lowest BCUT2D eigenvalue weighted by Gasteiger charge is -2.37. The molecule has 0 bridgehead atoms. The molecule has 5 nitrogen and oxygen atoms in total. The smallest absolute Gasteiger partial charge is 0.254 e. The predicted octanol–water partition coefficient (Wildman–Crippen LogP) is 3.17. The second-order valence-corrected chi connectivity index (χ2v) is 6.19. The average Bonchev–Trinajstić information content (AvgIpc) is 3.10. The molecule has 1 saturated heterocycles. The molecule has 1 aromatic heterocycles. The molecule has 5 heteroatoms. The van der Waals surface area contributed by atoms with Gasteiger partial charge in [0, 0.05) is 11.9 Å². The number of benzene rings is 2. The fourth-order valence-corrected chi connectivity index (χ4v) is 3.29. The van der Waals surface area contributed by atoms with Gasteiger partial charge in [-0.15, -0.1) is 0 Å². The first-order valence-electron chi connectivity index (χ1n) is 8.14. The van der Waals surface area contributed by atoms with Gasteiger partial charge in [-0.3, -0.25) is 9.89 Å². The van der Waals surface area contributed by atoms with E-state index in [2.05, 4.69) is 10.2 Å². The minimum absolute atomic E-state index is 0.00328. The Morgan fingerprint density at radius 3 is 2.83 bits per heavy atom. The summed E-state index contributed by atoms with van der Waals surface area (Å²) in [6.07, 6.45) is 1.61. The molecule has 1 N–H and O–H groups in total. The Morgan fingerprint density at radius 1 is 1.17 bits per heavy atom. The van der Waals surface area contributed by atoms with Crippen LogP contribution in [0.3, 0.4) is 0 Å². The number of nitrogens with zero attached hydrogens (tertiary/aromatic N) is 2. The van der Waals surface area contributed by atoms with Crippen molar-refractivity contribution in [1.29, 1.82) is 0 Å². The Labute approximate surface area is 140 Å².